The van der Waals surface area contributed by atoms with Gasteiger partial charge in [-0.1, -0.05) is 15.9 Å². The van der Waals surface area contributed by atoms with E-state index in [0.717, 1.165) is 0 Å². The fraction of sp³-hybridized carbons (Fsp3) is 0.200. The van der Waals surface area contributed by atoms with Crippen LogP contribution in [0.15, 0.2) is 39.7 Å². The van der Waals surface area contributed by atoms with E-state index in [-0.39, 0.29) is 23.2 Å². The summed E-state index contributed by atoms with van der Waals surface area (Å²) in [5, 5.41) is 11.4. The highest BCUT2D eigenvalue weighted by atomic mass is 79.9. The first kappa shape index (κ1) is 21.8. The number of rotatable bonds is 3. The second kappa shape index (κ2) is 8.49. The molecule has 8 nitrogen and oxygen atoms in total. The van der Waals surface area contributed by atoms with Crippen molar-refractivity contribution in [2.75, 3.05) is 17.3 Å². The van der Waals surface area contributed by atoms with Gasteiger partial charge in [-0.25, -0.2) is 0 Å². The van der Waals surface area contributed by atoms with Crippen LogP contribution in [0.5, 0.6) is 11.5 Å². The normalized spacial score (nSPS) is 12.3. The van der Waals surface area contributed by atoms with Crippen molar-refractivity contribution in [2.45, 2.75) is 25.7 Å². The van der Waals surface area contributed by atoms with E-state index in [1.807, 2.05) is 0 Å². The number of ether oxygens (including phenoxy) is 1. The van der Waals surface area contributed by atoms with E-state index in [1.54, 1.807) is 37.4 Å². The minimum absolute atomic E-state index is 0.125. The third-order valence-corrected chi connectivity index (χ3v) is 5.68. The van der Waals surface area contributed by atoms with Crippen LogP contribution in [0.25, 0.3) is 0 Å². The molecule has 0 atom stereocenters. The molecule has 3 amide bonds. The molecule has 2 aromatic rings. The zero-order chi connectivity index (χ0) is 22.2. The molecule has 1 aliphatic heterocycles. The number of carbonyl (C=O) groups is 3. The molecule has 1 aliphatic rings. The Morgan fingerprint density at radius 1 is 1.13 bits per heavy atom. The molecule has 0 radical (unpaired) electrons. The van der Waals surface area contributed by atoms with E-state index in [2.05, 4.69) is 21.2 Å². The highest BCUT2D eigenvalue weighted by Gasteiger charge is 2.31. The van der Waals surface area contributed by atoms with Crippen LogP contribution in [0.4, 0.5) is 11.4 Å². The molecule has 156 valence electrons. The number of amidine groups is 1. The fourth-order valence-electron chi connectivity index (χ4n) is 2.91. The SMILES string of the molecule is CC(=O)Nc1cc(Br)cc2c1C(=N)N(C(C)=O)c1cc(SN(C)C(C)=O)ccc1O2. The van der Waals surface area contributed by atoms with E-state index in [1.165, 1.54) is 41.9 Å². The summed E-state index contributed by atoms with van der Waals surface area (Å²) in [6.45, 7) is 4.16. The van der Waals surface area contributed by atoms with Crippen LogP contribution in [0.1, 0.15) is 26.3 Å². The first-order valence-corrected chi connectivity index (χ1v) is 10.4. The standard InChI is InChI=1S/C20H19BrN4O4S/c1-10(26)23-15-7-13(21)8-18-19(15)20(22)25(12(3)28)16-9-14(5-6-17(16)29-18)30-24(4)11(2)27/h5-9,22H,1-4H3,(H,23,26). The highest BCUT2D eigenvalue weighted by Crippen LogP contribution is 2.44. The molecular weight excluding hydrogens is 472 g/mol. The van der Waals surface area contributed by atoms with E-state index in [9.17, 15) is 14.4 Å². The summed E-state index contributed by atoms with van der Waals surface area (Å²) >= 11 is 4.59. The maximum Gasteiger partial charge on any atom is 0.229 e. The monoisotopic (exact) mass is 490 g/mol. The van der Waals surface area contributed by atoms with Crippen LogP contribution < -0.4 is 15.0 Å². The van der Waals surface area contributed by atoms with Gasteiger partial charge in [-0.15, -0.1) is 0 Å². The lowest BCUT2D eigenvalue weighted by Gasteiger charge is -2.22. The molecule has 0 aliphatic carbocycles. The lowest BCUT2D eigenvalue weighted by atomic mass is 10.1. The number of nitrogens with zero attached hydrogens (tertiary/aromatic N) is 2. The molecule has 3 rings (SSSR count). The molecule has 0 spiro atoms. The highest BCUT2D eigenvalue weighted by molar-refractivity contribution is 9.10. The Bertz CT molecular complexity index is 1090. The molecule has 10 heteroatoms. The second-order valence-corrected chi connectivity index (χ2v) is 8.67. The molecular formula is C20H19BrN4O4S. The lowest BCUT2D eigenvalue weighted by Crippen LogP contribution is -2.35. The summed E-state index contributed by atoms with van der Waals surface area (Å²) in [5.74, 6) is -0.268. The van der Waals surface area contributed by atoms with Gasteiger partial charge >= 0.3 is 0 Å². The topological polar surface area (TPSA) is 103 Å². The molecule has 1 heterocycles. The molecule has 0 unspecified atom stereocenters. The number of benzene rings is 2. The van der Waals surface area contributed by atoms with Gasteiger partial charge in [-0.2, -0.15) is 0 Å². The zero-order valence-electron chi connectivity index (χ0n) is 16.7. The summed E-state index contributed by atoms with van der Waals surface area (Å²) in [7, 11) is 1.65. The maximum absolute atomic E-state index is 12.5. The van der Waals surface area contributed by atoms with E-state index >= 15 is 0 Å². The number of nitrogens with one attached hydrogen (secondary N) is 2. The van der Waals surface area contributed by atoms with Crippen molar-refractivity contribution in [2.24, 2.45) is 0 Å². The largest absolute Gasteiger partial charge is 0.454 e. The lowest BCUT2D eigenvalue weighted by molar-refractivity contribution is -0.123. The molecule has 2 aromatic carbocycles. The Hall–Kier alpha value is -2.85. The fourth-order valence-corrected chi connectivity index (χ4v) is 4.08. The van der Waals surface area contributed by atoms with Gasteiger partial charge in [0.2, 0.25) is 17.7 Å². The van der Waals surface area contributed by atoms with Crippen molar-refractivity contribution >= 4 is 62.8 Å². The molecule has 0 aromatic heterocycles. The summed E-state index contributed by atoms with van der Waals surface area (Å²) in [5.41, 5.74) is 1.01. The molecule has 0 saturated carbocycles. The predicted octanol–water partition coefficient (Wildman–Crippen LogP) is 4.38. The molecule has 30 heavy (non-hydrogen) atoms. The zero-order valence-corrected chi connectivity index (χ0v) is 19.1. The van der Waals surface area contributed by atoms with Crippen LogP contribution in [0.3, 0.4) is 0 Å². The Kier molecular flexibility index (Phi) is 6.18. The van der Waals surface area contributed by atoms with Crippen molar-refractivity contribution in [3.63, 3.8) is 0 Å². The van der Waals surface area contributed by atoms with E-state index in [4.69, 9.17) is 10.1 Å². The van der Waals surface area contributed by atoms with Gasteiger partial charge in [-0.05, 0) is 42.3 Å². The number of hydrogen-bond acceptors (Lipinski definition) is 6. The van der Waals surface area contributed by atoms with Crippen molar-refractivity contribution < 1.29 is 19.1 Å². The average Bonchev–Trinajstić information content (AvgIpc) is 2.74. The maximum atomic E-state index is 12.5. The number of amides is 3. The van der Waals surface area contributed by atoms with Crippen LogP contribution in [-0.2, 0) is 14.4 Å². The Labute approximate surface area is 186 Å². The third kappa shape index (κ3) is 4.34. The molecule has 0 saturated heterocycles. The minimum Gasteiger partial charge on any atom is -0.454 e. The van der Waals surface area contributed by atoms with Gasteiger partial charge in [0.05, 0.1) is 16.9 Å². The number of hydrogen-bond donors (Lipinski definition) is 2. The van der Waals surface area contributed by atoms with E-state index in [0.29, 0.717) is 32.2 Å². The summed E-state index contributed by atoms with van der Waals surface area (Å²) in [6, 6.07) is 8.46. The van der Waals surface area contributed by atoms with Crippen molar-refractivity contribution in [1.82, 2.24) is 4.31 Å². The van der Waals surface area contributed by atoms with E-state index < -0.39 is 5.91 Å². The quantitative estimate of drug-likeness (QED) is 0.621. The van der Waals surface area contributed by atoms with Crippen LogP contribution in [0.2, 0.25) is 0 Å². The Morgan fingerprint density at radius 3 is 2.43 bits per heavy atom. The molecule has 2 N–H and O–H groups in total. The van der Waals surface area contributed by atoms with Crippen LogP contribution in [0, 0.1) is 5.41 Å². The first-order valence-electron chi connectivity index (χ1n) is 8.83. The van der Waals surface area contributed by atoms with Crippen molar-refractivity contribution in [3.8, 4) is 11.5 Å². The minimum atomic E-state index is -0.392. The number of halogens is 1. The molecule has 0 bridgehead atoms. The van der Waals surface area contributed by atoms with Gasteiger partial charge in [0.15, 0.2) is 5.75 Å². The summed E-state index contributed by atoms with van der Waals surface area (Å²) in [6.07, 6.45) is 0. The van der Waals surface area contributed by atoms with Gasteiger partial charge in [0.1, 0.15) is 11.6 Å². The third-order valence-electron chi connectivity index (χ3n) is 4.23. The van der Waals surface area contributed by atoms with Crippen molar-refractivity contribution in [3.05, 3.63) is 40.4 Å². The average molecular weight is 491 g/mol. The van der Waals surface area contributed by atoms with Gasteiger partial charge in [-0.3, -0.25) is 29.0 Å². The number of fused-ring (bicyclic) bond motifs is 2. The first-order chi connectivity index (χ1) is 14.1. The number of anilines is 2. The van der Waals surface area contributed by atoms with Gasteiger partial charge in [0, 0.05) is 37.2 Å². The van der Waals surface area contributed by atoms with Crippen LogP contribution in [-0.4, -0.2) is 34.9 Å². The second-order valence-electron chi connectivity index (χ2n) is 6.55. The molecule has 0 fully saturated rings. The van der Waals surface area contributed by atoms with Gasteiger partial charge in [0.25, 0.3) is 0 Å². The van der Waals surface area contributed by atoms with Crippen molar-refractivity contribution in [1.29, 1.82) is 5.41 Å². The van der Waals surface area contributed by atoms with Gasteiger partial charge < -0.3 is 10.1 Å². The predicted molar refractivity (Wildman–Crippen MR) is 119 cm³/mol. The number of carbonyl (C=O) groups excluding carboxylic acids is 3. The smallest absolute Gasteiger partial charge is 0.229 e. The Morgan fingerprint density at radius 2 is 1.83 bits per heavy atom. The summed E-state index contributed by atoms with van der Waals surface area (Å²) < 4.78 is 8.16. The Balaban J connectivity index is 2.17. The van der Waals surface area contributed by atoms with Crippen LogP contribution >= 0.6 is 27.9 Å². The summed E-state index contributed by atoms with van der Waals surface area (Å²) in [4.78, 5) is 37.7.